The quantitative estimate of drug-likeness (QED) is 0.842. The van der Waals surface area contributed by atoms with Crippen LogP contribution in [0.15, 0.2) is 18.2 Å². The van der Waals surface area contributed by atoms with Crippen molar-refractivity contribution in [2.75, 3.05) is 11.4 Å². The summed E-state index contributed by atoms with van der Waals surface area (Å²) in [4.78, 5) is 13.0. The Kier molecular flexibility index (Phi) is 3.19. The molecule has 0 radical (unpaired) electrons. The summed E-state index contributed by atoms with van der Waals surface area (Å²) in [5, 5.41) is 9.39. The molecule has 1 aromatic rings. The van der Waals surface area contributed by atoms with Gasteiger partial charge in [-0.2, -0.15) is 13.2 Å². The summed E-state index contributed by atoms with van der Waals surface area (Å²) in [5.74, 6) is -0.973. The Morgan fingerprint density at radius 2 is 1.94 bits per heavy atom. The molecule has 6 heteroatoms. The SMILES string of the molecule is O=C1CCCCN1c1ccc(C(F)(F)F)c(O)c1. The van der Waals surface area contributed by atoms with Crippen molar-refractivity contribution in [1.29, 1.82) is 0 Å². The van der Waals surface area contributed by atoms with Crippen LogP contribution in [0.4, 0.5) is 18.9 Å². The predicted molar refractivity (Wildman–Crippen MR) is 59.3 cm³/mol. The van der Waals surface area contributed by atoms with Crippen molar-refractivity contribution in [2.24, 2.45) is 0 Å². The van der Waals surface area contributed by atoms with Crippen LogP contribution >= 0.6 is 0 Å². The number of carbonyl (C=O) groups is 1. The number of phenolic OH excluding ortho intramolecular Hbond substituents is 1. The Morgan fingerprint density at radius 1 is 1.22 bits per heavy atom. The Hall–Kier alpha value is -1.72. The van der Waals surface area contributed by atoms with Crippen LogP contribution in [0.2, 0.25) is 0 Å². The molecule has 2 rings (SSSR count). The number of benzene rings is 1. The second-order valence-electron chi connectivity index (χ2n) is 4.20. The van der Waals surface area contributed by atoms with Crippen LogP contribution in [0, 0.1) is 0 Å². The monoisotopic (exact) mass is 259 g/mol. The number of carbonyl (C=O) groups excluding carboxylic acids is 1. The van der Waals surface area contributed by atoms with Gasteiger partial charge >= 0.3 is 6.18 Å². The van der Waals surface area contributed by atoms with Crippen molar-refractivity contribution in [3.63, 3.8) is 0 Å². The fourth-order valence-corrected chi connectivity index (χ4v) is 2.01. The smallest absolute Gasteiger partial charge is 0.419 e. The molecule has 3 nitrogen and oxygen atoms in total. The van der Waals surface area contributed by atoms with Gasteiger partial charge in [0.15, 0.2) is 0 Å². The highest BCUT2D eigenvalue weighted by Crippen LogP contribution is 2.38. The van der Waals surface area contributed by atoms with E-state index >= 15 is 0 Å². The first-order valence-corrected chi connectivity index (χ1v) is 5.60. The van der Waals surface area contributed by atoms with E-state index in [1.165, 1.54) is 11.0 Å². The molecule has 1 aromatic carbocycles. The second-order valence-corrected chi connectivity index (χ2v) is 4.20. The maximum atomic E-state index is 12.5. The summed E-state index contributed by atoms with van der Waals surface area (Å²) in [6, 6.07) is 3.00. The lowest BCUT2D eigenvalue weighted by molar-refractivity contribution is -0.138. The van der Waals surface area contributed by atoms with Gasteiger partial charge in [-0.25, -0.2) is 0 Å². The zero-order valence-corrected chi connectivity index (χ0v) is 9.50. The summed E-state index contributed by atoms with van der Waals surface area (Å²) in [5.41, 5.74) is -0.777. The number of rotatable bonds is 1. The van der Waals surface area contributed by atoms with Crippen molar-refractivity contribution in [3.05, 3.63) is 23.8 Å². The highest BCUT2D eigenvalue weighted by Gasteiger charge is 2.34. The fraction of sp³-hybridized carbons (Fsp3) is 0.417. The number of alkyl halides is 3. The predicted octanol–water partition coefficient (Wildman–Crippen LogP) is 2.93. The number of hydrogen-bond acceptors (Lipinski definition) is 2. The molecular formula is C12H12F3NO2. The van der Waals surface area contributed by atoms with Gasteiger partial charge in [0, 0.05) is 24.7 Å². The summed E-state index contributed by atoms with van der Waals surface area (Å²) in [6.45, 7) is 0.476. The van der Waals surface area contributed by atoms with Gasteiger partial charge in [-0.05, 0) is 25.0 Å². The Morgan fingerprint density at radius 3 is 2.50 bits per heavy atom. The highest BCUT2D eigenvalue weighted by molar-refractivity contribution is 5.94. The third-order valence-electron chi connectivity index (χ3n) is 2.92. The van der Waals surface area contributed by atoms with E-state index in [1.54, 1.807) is 0 Å². The van der Waals surface area contributed by atoms with Crippen molar-refractivity contribution in [1.82, 2.24) is 0 Å². The lowest BCUT2D eigenvalue weighted by atomic mass is 10.1. The summed E-state index contributed by atoms with van der Waals surface area (Å²) >= 11 is 0. The zero-order valence-electron chi connectivity index (χ0n) is 9.50. The Balaban J connectivity index is 2.31. The minimum Gasteiger partial charge on any atom is -0.507 e. The summed E-state index contributed by atoms with van der Waals surface area (Å²) < 4.78 is 37.4. The molecule has 1 aliphatic rings. The van der Waals surface area contributed by atoms with Crippen LogP contribution in [-0.4, -0.2) is 17.6 Å². The van der Waals surface area contributed by atoms with E-state index in [2.05, 4.69) is 0 Å². The van der Waals surface area contributed by atoms with Crippen molar-refractivity contribution >= 4 is 11.6 Å². The molecule has 1 fully saturated rings. The standard InChI is InChI=1S/C12H12F3NO2/c13-12(14,15)9-5-4-8(7-10(9)17)16-6-2-1-3-11(16)18/h4-5,7,17H,1-3,6H2. The molecule has 0 bridgehead atoms. The van der Waals surface area contributed by atoms with Crippen LogP contribution in [0.1, 0.15) is 24.8 Å². The van der Waals surface area contributed by atoms with Crippen molar-refractivity contribution in [2.45, 2.75) is 25.4 Å². The van der Waals surface area contributed by atoms with Gasteiger partial charge in [0.2, 0.25) is 5.91 Å². The minimum absolute atomic E-state index is 0.125. The number of aromatic hydroxyl groups is 1. The van der Waals surface area contributed by atoms with Crippen LogP contribution in [0.3, 0.4) is 0 Å². The first-order chi connectivity index (χ1) is 8.39. The molecular weight excluding hydrogens is 247 g/mol. The van der Waals surface area contributed by atoms with Gasteiger partial charge < -0.3 is 10.0 Å². The van der Waals surface area contributed by atoms with Gasteiger partial charge in [0.1, 0.15) is 5.75 Å². The van der Waals surface area contributed by atoms with Crippen molar-refractivity contribution < 1.29 is 23.1 Å². The summed E-state index contributed by atoms with van der Waals surface area (Å²) in [7, 11) is 0. The van der Waals surface area contributed by atoms with Gasteiger partial charge in [-0.15, -0.1) is 0 Å². The largest absolute Gasteiger partial charge is 0.507 e. The molecule has 1 heterocycles. The van der Waals surface area contributed by atoms with Crippen LogP contribution in [-0.2, 0) is 11.0 Å². The normalized spacial score (nSPS) is 17.1. The number of nitrogens with zero attached hydrogens (tertiary/aromatic N) is 1. The number of piperidine rings is 1. The maximum absolute atomic E-state index is 12.5. The van der Waals surface area contributed by atoms with Gasteiger partial charge in [-0.3, -0.25) is 4.79 Å². The maximum Gasteiger partial charge on any atom is 0.419 e. The van der Waals surface area contributed by atoms with Crippen LogP contribution in [0.25, 0.3) is 0 Å². The molecule has 18 heavy (non-hydrogen) atoms. The second kappa shape index (κ2) is 4.51. The molecule has 1 saturated heterocycles. The first-order valence-electron chi connectivity index (χ1n) is 5.60. The number of halogens is 3. The molecule has 0 unspecified atom stereocenters. The van der Waals surface area contributed by atoms with E-state index in [0.717, 1.165) is 25.0 Å². The molecule has 1 aliphatic heterocycles. The molecule has 1 N–H and O–H groups in total. The molecule has 98 valence electrons. The molecule has 0 saturated carbocycles. The third kappa shape index (κ3) is 2.42. The van der Waals surface area contributed by atoms with Gasteiger partial charge in [-0.1, -0.05) is 0 Å². The summed E-state index contributed by atoms with van der Waals surface area (Å²) in [6.07, 6.45) is -2.59. The van der Waals surface area contributed by atoms with E-state index in [1.807, 2.05) is 0 Å². The third-order valence-corrected chi connectivity index (χ3v) is 2.92. The van der Waals surface area contributed by atoms with Crippen molar-refractivity contribution in [3.8, 4) is 5.75 Å². The molecule has 1 amide bonds. The first kappa shape index (κ1) is 12.7. The fourth-order valence-electron chi connectivity index (χ4n) is 2.01. The number of phenols is 1. The number of hydrogen-bond donors (Lipinski definition) is 1. The zero-order chi connectivity index (χ0) is 13.3. The average molecular weight is 259 g/mol. The van der Waals surface area contributed by atoms with E-state index in [9.17, 15) is 23.1 Å². The van der Waals surface area contributed by atoms with E-state index in [4.69, 9.17) is 0 Å². The van der Waals surface area contributed by atoms with Crippen LogP contribution in [0.5, 0.6) is 5.75 Å². The molecule has 0 aromatic heterocycles. The topological polar surface area (TPSA) is 40.5 Å². The lowest BCUT2D eigenvalue weighted by Crippen LogP contribution is -2.35. The molecule has 0 spiro atoms. The minimum atomic E-state index is -4.59. The lowest BCUT2D eigenvalue weighted by Gasteiger charge is -2.27. The average Bonchev–Trinajstić information content (AvgIpc) is 2.27. The molecule has 0 aliphatic carbocycles. The number of anilines is 1. The Bertz CT molecular complexity index is 471. The van der Waals surface area contributed by atoms with Gasteiger partial charge in [0.25, 0.3) is 0 Å². The van der Waals surface area contributed by atoms with E-state index < -0.39 is 17.5 Å². The number of amides is 1. The van der Waals surface area contributed by atoms with E-state index in [-0.39, 0.29) is 5.91 Å². The van der Waals surface area contributed by atoms with Crippen LogP contribution < -0.4 is 4.90 Å². The Labute approximate surface area is 102 Å². The highest BCUT2D eigenvalue weighted by atomic mass is 19.4. The van der Waals surface area contributed by atoms with E-state index in [0.29, 0.717) is 18.7 Å². The molecule has 0 atom stereocenters. The van der Waals surface area contributed by atoms with Gasteiger partial charge in [0.05, 0.1) is 5.56 Å².